The lowest BCUT2D eigenvalue weighted by Gasteiger charge is -2.28. The molecule has 98 valence electrons. The first-order valence-electron chi connectivity index (χ1n) is 6.10. The van der Waals surface area contributed by atoms with E-state index in [1.54, 1.807) is 18.9 Å². The van der Waals surface area contributed by atoms with Crippen LogP contribution < -0.4 is 4.74 Å². The Kier molecular flexibility index (Phi) is 3.85. The van der Waals surface area contributed by atoms with Crippen molar-refractivity contribution in [3.8, 4) is 5.75 Å². The number of aliphatic carboxylic acids is 1. The number of hydrogen-bond acceptors (Lipinski definition) is 3. The lowest BCUT2D eigenvalue weighted by atomic mass is 9.78. The molecule has 0 bridgehead atoms. The quantitative estimate of drug-likeness (QED) is 0.849. The predicted molar refractivity (Wildman–Crippen MR) is 72.6 cm³/mol. The van der Waals surface area contributed by atoms with Crippen LogP contribution in [0, 0.1) is 0 Å². The maximum absolute atomic E-state index is 11.8. The molecule has 0 saturated heterocycles. The zero-order valence-electron chi connectivity index (χ0n) is 10.7. The van der Waals surface area contributed by atoms with Crippen molar-refractivity contribution in [3.05, 3.63) is 23.8 Å². The molecule has 0 heterocycles. The maximum atomic E-state index is 11.8. The molecule has 2 rings (SSSR count). The van der Waals surface area contributed by atoms with Gasteiger partial charge in [-0.2, -0.15) is 0 Å². The number of ether oxygens (including phenoxy) is 1. The zero-order valence-corrected chi connectivity index (χ0v) is 11.5. The van der Waals surface area contributed by atoms with Crippen LogP contribution >= 0.6 is 11.8 Å². The van der Waals surface area contributed by atoms with Gasteiger partial charge in [-0.1, -0.05) is 18.9 Å². The van der Waals surface area contributed by atoms with Gasteiger partial charge in [-0.25, -0.2) is 0 Å². The van der Waals surface area contributed by atoms with Crippen molar-refractivity contribution >= 4 is 17.7 Å². The van der Waals surface area contributed by atoms with E-state index >= 15 is 0 Å². The first kappa shape index (κ1) is 13.3. The molecule has 3 nitrogen and oxygen atoms in total. The molecule has 0 unspecified atom stereocenters. The van der Waals surface area contributed by atoms with Gasteiger partial charge in [0.25, 0.3) is 0 Å². The molecule has 0 amide bonds. The Hall–Kier alpha value is -1.16. The minimum Gasteiger partial charge on any atom is -0.496 e. The van der Waals surface area contributed by atoms with Gasteiger partial charge in [-0.3, -0.25) is 4.79 Å². The first-order chi connectivity index (χ1) is 8.65. The topological polar surface area (TPSA) is 46.5 Å². The number of thioether (sulfide) groups is 1. The summed E-state index contributed by atoms with van der Waals surface area (Å²) >= 11 is 1.58. The molecule has 1 saturated carbocycles. The summed E-state index contributed by atoms with van der Waals surface area (Å²) in [4.78, 5) is 12.8. The molecule has 0 radical (unpaired) electrons. The Morgan fingerprint density at radius 3 is 2.56 bits per heavy atom. The highest BCUT2D eigenvalue weighted by Gasteiger charge is 2.46. The second-order valence-corrected chi connectivity index (χ2v) is 5.48. The molecule has 4 heteroatoms. The number of carboxylic acids is 1. The van der Waals surface area contributed by atoms with Crippen molar-refractivity contribution in [1.29, 1.82) is 0 Å². The van der Waals surface area contributed by atoms with Crippen molar-refractivity contribution in [3.63, 3.8) is 0 Å². The molecule has 1 aromatic rings. The minimum atomic E-state index is -0.759. The molecular formula is C14H18O3S. The second kappa shape index (κ2) is 5.22. The molecule has 0 aliphatic heterocycles. The van der Waals surface area contributed by atoms with Crippen LogP contribution in [0.3, 0.4) is 0 Å². The van der Waals surface area contributed by atoms with E-state index in [2.05, 4.69) is 0 Å². The normalized spacial score (nSPS) is 17.7. The Balaban J connectivity index is 2.63. The molecule has 1 aromatic carbocycles. The minimum absolute atomic E-state index is 0.700. The van der Waals surface area contributed by atoms with Gasteiger partial charge in [-0.15, -0.1) is 11.8 Å². The standard InChI is InChI=1S/C14H18O3S/c1-17-10-6-5-7-11(18-2)12(10)14(13(15)16)8-3-4-9-14/h5-7H,3-4,8-9H2,1-2H3,(H,15,16). The highest BCUT2D eigenvalue weighted by Crippen LogP contribution is 2.48. The Morgan fingerprint density at radius 1 is 1.39 bits per heavy atom. The van der Waals surface area contributed by atoms with Crippen LogP contribution in [0.25, 0.3) is 0 Å². The van der Waals surface area contributed by atoms with Crippen LogP contribution in [0.15, 0.2) is 23.1 Å². The summed E-state index contributed by atoms with van der Waals surface area (Å²) in [7, 11) is 1.60. The monoisotopic (exact) mass is 266 g/mol. The summed E-state index contributed by atoms with van der Waals surface area (Å²) in [5, 5.41) is 9.69. The average Bonchev–Trinajstić information content (AvgIpc) is 2.88. The molecule has 1 fully saturated rings. The van der Waals surface area contributed by atoms with Gasteiger partial charge >= 0.3 is 5.97 Å². The van der Waals surface area contributed by atoms with Crippen molar-refractivity contribution in [2.45, 2.75) is 36.0 Å². The third kappa shape index (κ3) is 1.99. The number of methoxy groups -OCH3 is 1. The van der Waals surface area contributed by atoms with E-state index in [0.717, 1.165) is 23.3 Å². The summed E-state index contributed by atoms with van der Waals surface area (Å²) in [5.41, 5.74) is 0.107. The Labute approximate surface area is 112 Å². The molecule has 1 aliphatic rings. The number of carbonyl (C=O) groups is 1. The highest BCUT2D eigenvalue weighted by molar-refractivity contribution is 7.98. The van der Waals surface area contributed by atoms with Gasteiger partial charge in [0.05, 0.1) is 12.5 Å². The highest BCUT2D eigenvalue weighted by atomic mass is 32.2. The predicted octanol–water partition coefficient (Wildman–Crippen LogP) is 3.31. The number of hydrogen-bond donors (Lipinski definition) is 1. The fourth-order valence-corrected chi connectivity index (χ4v) is 3.59. The Bertz CT molecular complexity index is 428. The second-order valence-electron chi connectivity index (χ2n) is 4.63. The first-order valence-corrected chi connectivity index (χ1v) is 7.33. The SMILES string of the molecule is COc1cccc(SC)c1C1(C(=O)O)CCCC1. The average molecular weight is 266 g/mol. The van der Waals surface area contributed by atoms with Gasteiger partial charge in [0.1, 0.15) is 5.75 Å². The molecule has 0 spiro atoms. The summed E-state index contributed by atoms with van der Waals surface area (Å²) in [6.45, 7) is 0. The molecular weight excluding hydrogens is 248 g/mol. The van der Waals surface area contributed by atoms with Crippen molar-refractivity contribution in [1.82, 2.24) is 0 Å². The van der Waals surface area contributed by atoms with E-state index in [9.17, 15) is 9.90 Å². The van der Waals surface area contributed by atoms with Crippen LogP contribution in [0.5, 0.6) is 5.75 Å². The van der Waals surface area contributed by atoms with Gasteiger partial charge in [-0.05, 0) is 31.2 Å². The summed E-state index contributed by atoms with van der Waals surface area (Å²) in [6, 6.07) is 5.75. The van der Waals surface area contributed by atoms with E-state index in [1.165, 1.54) is 0 Å². The van der Waals surface area contributed by atoms with E-state index in [-0.39, 0.29) is 0 Å². The lowest BCUT2D eigenvalue weighted by Crippen LogP contribution is -2.33. The molecule has 0 atom stereocenters. The van der Waals surface area contributed by atoms with Crippen LogP contribution in [0.2, 0.25) is 0 Å². The smallest absolute Gasteiger partial charge is 0.314 e. The number of carboxylic acid groups (broad SMARTS) is 1. The van der Waals surface area contributed by atoms with E-state index in [4.69, 9.17) is 4.74 Å². The molecule has 1 aliphatic carbocycles. The van der Waals surface area contributed by atoms with E-state index in [1.807, 2.05) is 24.5 Å². The van der Waals surface area contributed by atoms with Crippen LogP contribution in [-0.4, -0.2) is 24.4 Å². The third-order valence-corrected chi connectivity index (χ3v) is 4.55. The van der Waals surface area contributed by atoms with Gasteiger partial charge in [0.15, 0.2) is 0 Å². The van der Waals surface area contributed by atoms with Crippen LogP contribution in [-0.2, 0) is 10.2 Å². The van der Waals surface area contributed by atoms with Crippen LogP contribution in [0.1, 0.15) is 31.2 Å². The van der Waals surface area contributed by atoms with Gasteiger partial charge in [0.2, 0.25) is 0 Å². The molecule has 0 aromatic heterocycles. The van der Waals surface area contributed by atoms with E-state index in [0.29, 0.717) is 18.6 Å². The van der Waals surface area contributed by atoms with Gasteiger partial charge < -0.3 is 9.84 Å². The van der Waals surface area contributed by atoms with Gasteiger partial charge in [0, 0.05) is 10.5 Å². The summed E-state index contributed by atoms with van der Waals surface area (Å²) in [5.74, 6) is -0.0223. The van der Waals surface area contributed by atoms with Crippen molar-refractivity contribution in [2.75, 3.05) is 13.4 Å². The van der Waals surface area contributed by atoms with Crippen molar-refractivity contribution < 1.29 is 14.6 Å². The third-order valence-electron chi connectivity index (χ3n) is 3.77. The molecule has 18 heavy (non-hydrogen) atoms. The Morgan fingerprint density at radius 2 is 2.06 bits per heavy atom. The summed E-state index contributed by atoms with van der Waals surface area (Å²) in [6.07, 6.45) is 5.33. The molecule has 1 N–H and O–H groups in total. The maximum Gasteiger partial charge on any atom is 0.314 e. The fourth-order valence-electron chi connectivity index (χ4n) is 2.87. The number of rotatable bonds is 4. The summed E-state index contributed by atoms with van der Waals surface area (Å²) < 4.78 is 5.40. The largest absolute Gasteiger partial charge is 0.496 e. The fraction of sp³-hybridized carbons (Fsp3) is 0.500. The van der Waals surface area contributed by atoms with Crippen LogP contribution in [0.4, 0.5) is 0 Å². The van der Waals surface area contributed by atoms with E-state index < -0.39 is 11.4 Å². The lowest BCUT2D eigenvalue weighted by molar-refractivity contribution is -0.143. The number of benzene rings is 1. The zero-order chi connectivity index (χ0) is 13.2. The van der Waals surface area contributed by atoms with Crippen molar-refractivity contribution in [2.24, 2.45) is 0 Å².